The maximum absolute atomic E-state index is 11.9. The highest BCUT2D eigenvalue weighted by atomic mass is 32.1. The summed E-state index contributed by atoms with van der Waals surface area (Å²) in [6.45, 7) is 10.1. The lowest BCUT2D eigenvalue weighted by molar-refractivity contribution is 0.224. The summed E-state index contributed by atoms with van der Waals surface area (Å²) >= 11 is 1.68. The van der Waals surface area contributed by atoms with Crippen molar-refractivity contribution in [2.24, 2.45) is 5.92 Å². The summed E-state index contributed by atoms with van der Waals surface area (Å²) in [5, 5.41) is 7.99. The first-order valence-corrected chi connectivity index (χ1v) is 6.79. The minimum absolute atomic E-state index is 0.0809. The first-order valence-electron chi connectivity index (χ1n) is 5.91. The van der Waals surface area contributed by atoms with Crippen LogP contribution in [0.1, 0.15) is 45.5 Å². The molecule has 0 spiro atoms. The Labute approximate surface area is 108 Å². The van der Waals surface area contributed by atoms with E-state index in [0.29, 0.717) is 5.92 Å². The standard InChI is InChI=1S/C13H22N2OS/c1-9(2)11(10-7-6-8-17-10)14-12(16)15-13(3,4)5/h6-9,11H,1-5H3,(H2,14,15,16). The van der Waals surface area contributed by atoms with Crippen LogP contribution in [0.3, 0.4) is 0 Å². The van der Waals surface area contributed by atoms with Crippen molar-refractivity contribution in [1.82, 2.24) is 10.6 Å². The third kappa shape index (κ3) is 4.77. The van der Waals surface area contributed by atoms with Crippen molar-refractivity contribution in [2.75, 3.05) is 0 Å². The van der Waals surface area contributed by atoms with Crippen LogP contribution in [0.2, 0.25) is 0 Å². The molecule has 4 heteroatoms. The second-order valence-electron chi connectivity index (χ2n) is 5.59. The Morgan fingerprint density at radius 3 is 2.41 bits per heavy atom. The van der Waals surface area contributed by atoms with Gasteiger partial charge in [0.05, 0.1) is 6.04 Å². The molecule has 2 N–H and O–H groups in total. The molecule has 0 saturated carbocycles. The van der Waals surface area contributed by atoms with E-state index in [1.54, 1.807) is 11.3 Å². The Balaban J connectivity index is 2.66. The summed E-state index contributed by atoms with van der Waals surface area (Å²) < 4.78 is 0. The van der Waals surface area contributed by atoms with Crippen molar-refractivity contribution in [3.8, 4) is 0 Å². The van der Waals surface area contributed by atoms with E-state index in [1.165, 1.54) is 4.88 Å². The van der Waals surface area contributed by atoms with Crippen molar-refractivity contribution in [1.29, 1.82) is 0 Å². The Hall–Kier alpha value is -1.03. The van der Waals surface area contributed by atoms with E-state index in [1.807, 2.05) is 32.2 Å². The van der Waals surface area contributed by atoms with Crippen LogP contribution in [-0.4, -0.2) is 11.6 Å². The van der Waals surface area contributed by atoms with Crippen LogP contribution >= 0.6 is 11.3 Å². The minimum atomic E-state index is -0.207. The summed E-state index contributed by atoms with van der Waals surface area (Å²) in [5.74, 6) is 0.374. The van der Waals surface area contributed by atoms with E-state index < -0.39 is 0 Å². The van der Waals surface area contributed by atoms with Gasteiger partial charge in [-0.25, -0.2) is 4.79 Å². The molecule has 0 fully saturated rings. The van der Waals surface area contributed by atoms with Gasteiger partial charge in [-0.05, 0) is 38.1 Å². The molecule has 96 valence electrons. The number of nitrogens with one attached hydrogen (secondary N) is 2. The maximum atomic E-state index is 11.9. The van der Waals surface area contributed by atoms with Crippen LogP contribution in [0, 0.1) is 5.92 Å². The number of hydrogen-bond donors (Lipinski definition) is 2. The van der Waals surface area contributed by atoms with Gasteiger partial charge in [-0.2, -0.15) is 0 Å². The van der Waals surface area contributed by atoms with Gasteiger partial charge in [0.15, 0.2) is 0 Å². The van der Waals surface area contributed by atoms with Crippen LogP contribution in [0.4, 0.5) is 4.79 Å². The molecule has 0 saturated heterocycles. The van der Waals surface area contributed by atoms with Gasteiger partial charge in [0.1, 0.15) is 0 Å². The molecule has 0 radical (unpaired) electrons. The molecule has 1 unspecified atom stereocenters. The predicted molar refractivity (Wildman–Crippen MR) is 73.3 cm³/mol. The number of thiophene rings is 1. The zero-order chi connectivity index (χ0) is 13.1. The lowest BCUT2D eigenvalue weighted by Gasteiger charge is -2.26. The monoisotopic (exact) mass is 254 g/mol. The van der Waals surface area contributed by atoms with Crippen LogP contribution < -0.4 is 10.6 Å². The molecule has 1 aromatic rings. The summed E-state index contributed by atoms with van der Waals surface area (Å²) in [7, 11) is 0. The van der Waals surface area contributed by atoms with Crippen molar-refractivity contribution in [3.63, 3.8) is 0 Å². The third-order valence-electron chi connectivity index (χ3n) is 2.29. The molecular weight excluding hydrogens is 232 g/mol. The minimum Gasteiger partial charge on any atom is -0.334 e. The first kappa shape index (κ1) is 14.0. The van der Waals surface area contributed by atoms with E-state index in [4.69, 9.17) is 0 Å². The molecule has 0 aliphatic rings. The van der Waals surface area contributed by atoms with Gasteiger partial charge in [-0.1, -0.05) is 19.9 Å². The van der Waals surface area contributed by atoms with E-state index in [9.17, 15) is 4.79 Å². The van der Waals surface area contributed by atoms with Gasteiger partial charge in [-0.15, -0.1) is 11.3 Å². The molecule has 0 aliphatic heterocycles. The van der Waals surface area contributed by atoms with Gasteiger partial charge in [0, 0.05) is 10.4 Å². The van der Waals surface area contributed by atoms with Crippen molar-refractivity contribution < 1.29 is 4.79 Å². The molecule has 1 atom stereocenters. The SMILES string of the molecule is CC(C)C(NC(=O)NC(C)(C)C)c1cccs1. The van der Waals surface area contributed by atoms with E-state index in [0.717, 1.165) is 0 Å². The summed E-state index contributed by atoms with van der Waals surface area (Å²) in [5.41, 5.74) is -0.207. The van der Waals surface area contributed by atoms with Gasteiger partial charge in [0.25, 0.3) is 0 Å². The van der Waals surface area contributed by atoms with Crippen molar-refractivity contribution in [3.05, 3.63) is 22.4 Å². The lowest BCUT2D eigenvalue weighted by Crippen LogP contribution is -2.48. The molecule has 0 aromatic carbocycles. The largest absolute Gasteiger partial charge is 0.334 e. The Morgan fingerprint density at radius 1 is 1.35 bits per heavy atom. The zero-order valence-corrected chi connectivity index (χ0v) is 12.0. The van der Waals surface area contributed by atoms with Crippen LogP contribution in [0.5, 0.6) is 0 Å². The highest BCUT2D eigenvalue weighted by Crippen LogP contribution is 2.25. The molecule has 3 nitrogen and oxygen atoms in total. The predicted octanol–water partition coefficient (Wildman–Crippen LogP) is 3.54. The average Bonchev–Trinajstić information content (AvgIpc) is 2.63. The van der Waals surface area contributed by atoms with Gasteiger partial charge in [-0.3, -0.25) is 0 Å². The van der Waals surface area contributed by atoms with Gasteiger partial charge in [0.2, 0.25) is 0 Å². The Morgan fingerprint density at radius 2 is 2.00 bits per heavy atom. The van der Waals surface area contributed by atoms with Crippen LogP contribution in [0.25, 0.3) is 0 Å². The third-order valence-corrected chi connectivity index (χ3v) is 3.25. The van der Waals surface area contributed by atoms with Crippen LogP contribution in [0.15, 0.2) is 17.5 Å². The number of urea groups is 1. The first-order chi connectivity index (χ1) is 7.79. The van der Waals surface area contributed by atoms with E-state index in [2.05, 4.69) is 30.5 Å². The van der Waals surface area contributed by atoms with Crippen LogP contribution in [-0.2, 0) is 0 Å². The van der Waals surface area contributed by atoms with Crippen molar-refractivity contribution >= 4 is 17.4 Å². The molecular formula is C13H22N2OS. The van der Waals surface area contributed by atoms with Gasteiger partial charge < -0.3 is 10.6 Å². The number of rotatable bonds is 3. The number of carbonyl (C=O) groups is 1. The second kappa shape index (κ2) is 5.54. The molecule has 1 rings (SSSR count). The summed E-state index contributed by atoms with van der Waals surface area (Å²) in [6.07, 6.45) is 0. The Bertz CT molecular complexity index is 352. The average molecular weight is 254 g/mol. The normalized spacial score (nSPS) is 13.5. The number of hydrogen-bond acceptors (Lipinski definition) is 2. The second-order valence-corrected chi connectivity index (χ2v) is 6.56. The Kier molecular flexibility index (Phi) is 4.57. The quantitative estimate of drug-likeness (QED) is 0.851. The molecule has 0 aliphatic carbocycles. The molecule has 0 bridgehead atoms. The fourth-order valence-electron chi connectivity index (χ4n) is 1.55. The summed E-state index contributed by atoms with van der Waals surface area (Å²) in [4.78, 5) is 13.0. The maximum Gasteiger partial charge on any atom is 0.315 e. The topological polar surface area (TPSA) is 41.1 Å². The lowest BCUT2D eigenvalue weighted by atomic mass is 10.0. The fraction of sp³-hybridized carbons (Fsp3) is 0.615. The highest BCUT2D eigenvalue weighted by Gasteiger charge is 2.21. The van der Waals surface area contributed by atoms with Crippen molar-refractivity contribution in [2.45, 2.75) is 46.2 Å². The molecule has 17 heavy (non-hydrogen) atoms. The van der Waals surface area contributed by atoms with E-state index in [-0.39, 0.29) is 17.6 Å². The van der Waals surface area contributed by atoms with Gasteiger partial charge >= 0.3 is 6.03 Å². The molecule has 1 heterocycles. The number of amides is 2. The van der Waals surface area contributed by atoms with E-state index >= 15 is 0 Å². The number of carbonyl (C=O) groups excluding carboxylic acids is 1. The zero-order valence-electron chi connectivity index (χ0n) is 11.2. The highest BCUT2D eigenvalue weighted by molar-refractivity contribution is 7.10. The smallest absolute Gasteiger partial charge is 0.315 e. The fourth-order valence-corrected chi connectivity index (χ4v) is 2.50. The summed E-state index contributed by atoms with van der Waals surface area (Å²) in [6, 6.07) is 4.05. The molecule has 2 amide bonds. The molecule has 1 aromatic heterocycles.